The van der Waals surface area contributed by atoms with Crippen molar-refractivity contribution in [3.63, 3.8) is 0 Å². The normalized spacial score (nSPS) is 11.6. The third-order valence-electron chi connectivity index (χ3n) is 1.70. The van der Waals surface area contributed by atoms with E-state index >= 15 is 0 Å². The Balaban J connectivity index is 2.93. The van der Waals surface area contributed by atoms with Crippen molar-refractivity contribution in [1.82, 2.24) is 9.71 Å². The number of rotatable bonds is 4. The van der Waals surface area contributed by atoms with Crippen LogP contribution in [0.1, 0.15) is 18.9 Å². The van der Waals surface area contributed by atoms with Gasteiger partial charge in [-0.25, -0.2) is 13.1 Å². The molecule has 0 amide bonds. The second kappa shape index (κ2) is 4.52. The zero-order valence-corrected chi connectivity index (χ0v) is 9.13. The second-order valence-corrected chi connectivity index (χ2v) is 4.86. The van der Waals surface area contributed by atoms with Crippen molar-refractivity contribution in [2.75, 3.05) is 6.54 Å². The summed E-state index contributed by atoms with van der Waals surface area (Å²) in [5.74, 6) is 0. The minimum Gasteiger partial charge on any atom is -0.263 e. The summed E-state index contributed by atoms with van der Waals surface area (Å²) in [5, 5.41) is 0. The maximum absolute atomic E-state index is 11.6. The molecule has 0 saturated heterocycles. The molecule has 0 atom stereocenters. The average Bonchev–Trinajstić information content (AvgIpc) is 2.15. The number of pyridine rings is 1. The highest BCUT2D eigenvalue weighted by Crippen LogP contribution is 2.08. The highest BCUT2D eigenvalue weighted by Gasteiger charge is 2.12. The van der Waals surface area contributed by atoms with Crippen LogP contribution in [0.15, 0.2) is 23.4 Å². The van der Waals surface area contributed by atoms with E-state index in [-0.39, 0.29) is 4.90 Å². The van der Waals surface area contributed by atoms with Gasteiger partial charge in [-0.15, -0.1) is 0 Å². The number of hydrogen-bond donors (Lipinski definition) is 1. The molecule has 0 saturated carbocycles. The lowest BCUT2D eigenvalue weighted by Gasteiger charge is -2.05. The fourth-order valence-corrected chi connectivity index (χ4v) is 2.17. The van der Waals surface area contributed by atoms with Crippen LogP contribution in [0.25, 0.3) is 0 Å². The zero-order chi connectivity index (χ0) is 10.6. The molecule has 0 aliphatic rings. The molecule has 4 nitrogen and oxygen atoms in total. The maximum Gasteiger partial charge on any atom is 0.242 e. The Morgan fingerprint density at radius 2 is 2.14 bits per heavy atom. The van der Waals surface area contributed by atoms with Crippen molar-refractivity contribution in [2.45, 2.75) is 25.2 Å². The Morgan fingerprint density at radius 3 is 2.71 bits per heavy atom. The fourth-order valence-electron chi connectivity index (χ4n) is 0.994. The first kappa shape index (κ1) is 11.1. The summed E-state index contributed by atoms with van der Waals surface area (Å²) in [5.41, 5.74) is 0.837. The third kappa shape index (κ3) is 2.78. The van der Waals surface area contributed by atoms with E-state index in [4.69, 9.17) is 0 Å². The Kier molecular flexibility index (Phi) is 3.60. The standard InChI is InChI=1S/C9H14N2O2S/c1-3-4-11-14(12,13)9-5-8(2)6-10-7-9/h5-7,11H,3-4H2,1-2H3. The van der Waals surface area contributed by atoms with E-state index in [2.05, 4.69) is 9.71 Å². The van der Waals surface area contributed by atoms with Crippen LogP contribution in [0.2, 0.25) is 0 Å². The van der Waals surface area contributed by atoms with E-state index in [0.29, 0.717) is 6.54 Å². The molecule has 0 radical (unpaired) electrons. The van der Waals surface area contributed by atoms with Gasteiger partial charge in [-0.3, -0.25) is 4.98 Å². The SMILES string of the molecule is CCCNS(=O)(=O)c1cncc(C)c1. The molecule has 0 spiro atoms. The zero-order valence-electron chi connectivity index (χ0n) is 8.32. The van der Waals surface area contributed by atoms with E-state index < -0.39 is 10.0 Å². The van der Waals surface area contributed by atoms with E-state index in [0.717, 1.165) is 12.0 Å². The molecule has 1 rings (SSSR count). The summed E-state index contributed by atoms with van der Waals surface area (Å²) in [7, 11) is -3.36. The fraction of sp³-hybridized carbons (Fsp3) is 0.444. The topological polar surface area (TPSA) is 59.1 Å². The lowest BCUT2D eigenvalue weighted by Crippen LogP contribution is -2.24. The quantitative estimate of drug-likeness (QED) is 0.815. The summed E-state index contributed by atoms with van der Waals surface area (Å²) < 4.78 is 25.7. The average molecular weight is 214 g/mol. The van der Waals surface area contributed by atoms with Crippen molar-refractivity contribution >= 4 is 10.0 Å². The Morgan fingerprint density at radius 1 is 1.43 bits per heavy atom. The number of aryl methyl sites for hydroxylation is 1. The molecule has 0 unspecified atom stereocenters. The van der Waals surface area contributed by atoms with Gasteiger partial charge < -0.3 is 0 Å². The molecule has 5 heteroatoms. The van der Waals surface area contributed by atoms with Crippen molar-refractivity contribution < 1.29 is 8.42 Å². The minimum absolute atomic E-state index is 0.228. The van der Waals surface area contributed by atoms with Crippen molar-refractivity contribution in [3.8, 4) is 0 Å². The lowest BCUT2D eigenvalue weighted by molar-refractivity contribution is 0.580. The molecule has 0 aromatic carbocycles. The van der Waals surface area contributed by atoms with Gasteiger partial charge in [0.2, 0.25) is 10.0 Å². The summed E-state index contributed by atoms with van der Waals surface area (Å²) in [4.78, 5) is 4.07. The number of nitrogens with zero attached hydrogens (tertiary/aromatic N) is 1. The number of hydrogen-bond acceptors (Lipinski definition) is 3. The third-order valence-corrected chi connectivity index (χ3v) is 3.13. The van der Waals surface area contributed by atoms with E-state index in [1.807, 2.05) is 13.8 Å². The molecule has 0 fully saturated rings. The van der Waals surface area contributed by atoms with Crippen LogP contribution in [0, 0.1) is 6.92 Å². The van der Waals surface area contributed by atoms with E-state index in [9.17, 15) is 8.42 Å². The smallest absolute Gasteiger partial charge is 0.242 e. The van der Waals surface area contributed by atoms with Gasteiger partial charge in [0, 0.05) is 18.9 Å². The molecule has 1 heterocycles. The monoisotopic (exact) mass is 214 g/mol. The van der Waals surface area contributed by atoms with Crippen LogP contribution >= 0.6 is 0 Å². The van der Waals surface area contributed by atoms with Gasteiger partial charge in [0.05, 0.1) is 0 Å². The molecule has 0 aliphatic heterocycles. The van der Waals surface area contributed by atoms with Gasteiger partial charge in [0.15, 0.2) is 0 Å². The van der Waals surface area contributed by atoms with Gasteiger partial charge >= 0.3 is 0 Å². The first-order chi connectivity index (χ1) is 6.56. The van der Waals surface area contributed by atoms with E-state index in [1.54, 1.807) is 12.3 Å². The Bertz CT molecular complexity index is 401. The molecule has 1 aromatic heterocycles. The van der Waals surface area contributed by atoms with Crippen molar-refractivity contribution in [1.29, 1.82) is 0 Å². The molecule has 0 bridgehead atoms. The van der Waals surface area contributed by atoms with Crippen molar-refractivity contribution in [3.05, 3.63) is 24.0 Å². The van der Waals surface area contributed by atoms with Gasteiger partial charge in [-0.05, 0) is 25.0 Å². The molecule has 1 N–H and O–H groups in total. The van der Waals surface area contributed by atoms with Gasteiger partial charge in [0.1, 0.15) is 4.90 Å². The Hall–Kier alpha value is -0.940. The van der Waals surface area contributed by atoms with Crippen LogP contribution < -0.4 is 4.72 Å². The van der Waals surface area contributed by atoms with Crippen LogP contribution in [0.4, 0.5) is 0 Å². The number of sulfonamides is 1. The van der Waals surface area contributed by atoms with Crippen LogP contribution in [-0.2, 0) is 10.0 Å². The predicted molar refractivity (Wildman–Crippen MR) is 54.5 cm³/mol. The van der Waals surface area contributed by atoms with Gasteiger partial charge in [0.25, 0.3) is 0 Å². The summed E-state index contributed by atoms with van der Waals surface area (Å²) >= 11 is 0. The van der Waals surface area contributed by atoms with Crippen molar-refractivity contribution in [2.24, 2.45) is 0 Å². The van der Waals surface area contributed by atoms with Gasteiger partial charge in [-0.1, -0.05) is 6.92 Å². The first-order valence-corrected chi connectivity index (χ1v) is 5.96. The molecule has 0 aliphatic carbocycles. The van der Waals surface area contributed by atoms with Crippen LogP contribution in [0.5, 0.6) is 0 Å². The lowest BCUT2D eigenvalue weighted by atomic mass is 10.3. The summed E-state index contributed by atoms with van der Waals surface area (Å²) in [6, 6.07) is 1.60. The van der Waals surface area contributed by atoms with Gasteiger partial charge in [-0.2, -0.15) is 0 Å². The largest absolute Gasteiger partial charge is 0.263 e. The number of nitrogens with one attached hydrogen (secondary N) is 1. The summed E-state index contributed by atoms with van der Waals surface area (Å²) in [6.07, 6.45) is 3.75. The molecular formula is C9H14N2O2S. The Labute approximate surface area is 84.4 Å². The second-order valence-electron chi connectivity index (χ2n) is 3.10. The maximum atomic E-state index is 11.6. The summed E-state index contributed by atoms with van der Waals surface area (Å²) in [6.45, 7) is 4.18. The first-order valence-electron chi connectivity index (χ1n) is 4.47. The molecule has 14 heavy (non-hydrogen) atoms. The van der Waals surface area contributed by atoms with Crippen LogP contribution in [-0.4, -0.2) is 19.9 Å². The highest BCUT2D eigenvalue weighted by atomic mass is 32.2. The van der Waals surface area contributed by atoms with Crippen LogP contribution in [0.3, 0.4) is 0 Å². The molecule has 78 valence electrons. The molecule has 1 aromatic rings. The predicted octanol–water partition coefficient (Wildman–Crippen LogP) is 1.08. The molecular weight excluding hydrogens is 200 g/mol. The minimum atomic E-state index is -3.36. The van der Waals surface area contributed by atoms with E-state index in [1.165, 1.54) is 6.20 Å². The number of aromatic nitrogens is 1. The highest BCUT2D eigenvalue weighted by molar-refractivity contribution is 7.89.